The molecule has 26 heavy (non-hydrogen) atoms. The minimum atomic E-state index is -0.272. The van der Waals surface area contributed by atoms with Crippen LogP contribution in [-0.2, 0) is 13.0 Å². The van der Waals surface area contributed by atoms with E-state index in [4.69, 9.17) is 16.0 Å². The Morgan fingerprint density at radius 1 is 1.19 bits per heavy atom. The lowest BCUT2D eigenvalue weighted by atomic mass is 9.98. The number of aryl methyl sites for hydroxylation is 1. The van der Waals surface area contributed by atoms with Gasteiger partial charge in [0.25, 0.3) is 0 Å². The number of aromatic hydroxyl groups is 1. The molecule has 2 heterocycles. The maximum atomic E-state index is 12.6. The topological polar surface area (TPSA) is 54.9 Å². The van der Waals surface area contributed by atoms with Gasteiger partial charge in [0.15, 0.2) is 5.58 Å². The third-order valence-electron chi connectivity index (χ3n) is 5.62. The molecule has 2 N–H and O–H groups in total. The molecule has 2 aromatic rings. The van der Waals surface area contributed by atoms with E-state index in [1.807, 2.05) is 6.92 Å². The number of hydrogen-bond acceptors (Lipinski definition) is 3. The summed E-state index contributed by atoms with van der Waals surface area (Å²) in [7, 11) is 0. The Morgan fingerprint density at radius 2 is 1.92 bits per heavy atom. The van der Waals surface area contributed by atoms with E-state index in [1.165, 1.54) is 30.6 Å². The van der Waals surface area contributed by atoms with Gasteiger partial charge in [-0.2, -0.15) is 0 Å². The van der Waals surface area contributed by atoms with Crippen molar-refractivity contribution in [3.05, 3.63) is 38.2 Å². The summed E-state index contributed by atoms with van der Waals surface area (Å²) >= 11 is 6.31. The normalized spacial score (nSPS) is 15.2. The molecule has 3 rings (SSSR count). The Hall–Kier alpha value is -1.52. The number of phenols is 1. The zero-order valence-corrected chi connectivity index (χ0v) is 16.5. The monoisotopic (exact) mass is 378 g/mol. The molecule has 0 amide bonds. The number of likely N-dealkylation sites (tertiary alicyclic amines) is 1. The summed E-state index contributed by atoms with van der Waals surface area (Å²) in [4.78, 5) is 14.0. The SMILES string of the molecule is CCCCCCc1c(C)c2cc(Cl)c(O)c(C[NH+]3CCCC3)c2oc1=O. The molecule has 142 valence electrons. The first-order valence-corrected chi connectivity index (χ1v) is 10.2. The molecule has 1 aliphatic rings. The fourth-order valence-corrected chi connectivity index (χ4v) is 4.25. The Labute approximate surface area is 159 Å². The van der Waals surface area contributed by atoms with Gasteiger partial charge in [-0.25, -0.2) is 4.79 Å². The van der Waals surface area contributed by atoms with Gasteiger partial charge in [-0.1, -0.05) is 37.8 Å². The van der Waals surface area contributed by atoms with Crippen LogP contribution >= 0.6 is 11.6 Å². The third kappa shape index (κ3) is 3.91. The Balaban J connectivity index is 2.02. The molecule has 0 atom stereocenters. The summed E-state index contributed by atoms with van der Waals surface area (Å²) in [5.74, 6) is 0.0526. The van der Waals surface area contributed by atoms with Crippen molar-refractivity contribution in [1.82, 2.24) is 0 Å². The second-order valence-corrected chi connectivity index (χ2v) is 7.91. The summed E-state index contributed by atoms with van der Waals surface area (Å²) < 4.78 is 5.72. The van der Waals surface area contributed by atoms with Crippen molar-refractivity contribution in [2.45, 2.75) is 65.3 Å². The quantitative estimate of drug-likeness (QED) is 0.569. The molecule has 0 unspecified atom stereocenters. The molecule has 1 aliphatic heterocycles. The van der Waals surface area contributed by atoms with Crippen LogP contribution in [0.25, 0.3) is 11.0 Å². The van der Waals surface area contributed by atoms with Crippen molar-refractivity contribution in [3.63, 3.8) is 0 Å². The molecule has 1 saturated heterocycles. The highest BCUT2D eigenvalue weighted by molar-refractivity contribution is 6.33. The second-order valence-electron chi connectivity index (χ2n) is 7.50. The van der Waals surface area contributed by atoms with E-state index in [1.54, 1.807) is 6.07 Å². The van der Waals surface area contributed by atoms with Gasteiger partial charge in [-0.3, -0.25) is 0 Å². The first-order chi connectivity index (χ1) is 12.5. The average Bonchev–Trinajstić information content (AvgIpc) is 3.12. The van der Waals surface area contributed by atoms with Crippen LogP contribution in [0.1, 0.15) is 62.1 Å². The summed E-state index contributed by atoms with van der Waals surface area (Å²) in [6.45, 7) is 6.93. The fraction of sp³-hybridized carbons (Fsp3) is 0.571. The number of hydrogen-bond donors (Lipinski definition) is 2. The smallest absolute Gasteiger partial charge is 0.339 e. The van der Waals surface area contributed by atoms with Crippen molar-refractivity contribution >= 4 is 22.6 Å². The molecule has 1 aromatic heterocycles. The summed E-state index contributed by atoms with van der Waals surface area (Å²) in [5, 5.41) is 11.7. The molecule has 0 aliphatic carbocycles. The maximum Gasteiger partial charge on any atom is 0.339 e. The molecule has 1 fully saturated rings. The molecule has 0 bridgehead atoms. The zero-order chi connectivity index (χ0) is 18.7. The van der Waals surface area contributed by atoms with E-state index in [0.717, 1.165) is 48.9 Å². The fourth-order valence-electron chi connectivity index (χ4n) is 4.02. The highest BCUT2D eigenvalue weighted by Gasteiger charge is 2.24. The van der Waals surface area contributed by atoms with Crippen LogP contribution in [-0.4, -0.2) is 18.2 Å². The third-order valence-corrected chi connectivity index (χ3v) is 5.91. The molecular weight excluding hydrogens is 350 g/mol. The van der Waals surface area contributed by atoms with Crippen LogP contribution in [0.3, 0.4) is 0 Å². The largest absolute Gasteiger partial charge is 0.506 e. The molecule has 0 spiro atoms. The van der Waals surface area contributed by atoms with E-state index < -0.39 is 0 Å². The predicted molar refractivity (Wildman–Crippen MR) is 105 cm³/mol. The van der Waals surface area contributed by atoms with Crippen LogP contribution in [0.15, 0.2) is 15.3 Å². The van der Waals surface area contributed by atoms with Gasteiger partial charge < -0.3 is 14.4 Å². The molecule has 0 radical (unpaired) electrons. The number of benzene rings is 1. The molecule has 1 aromatic carbocycles. The lowest BCUT2D eigenvalue weighted by Gasteiger charge is -2.16. The number of quaternary nitrogens is 1. The van der Waals surface area contributed by atoms with E-state index in [-0.39, 0.29) is 11.4 Å². The average molecular weight is 379 g/mol. The van der Waals surface area contributed by atoms with Crippen LogP contribution < -0.4 is 10.5 Å². The van der Waals surface area contributed by atoms with Crippen molar-refractivity contribution in [3.8, 4) is 5.75 Å². The van der Waals surface area contributed by atoms with E-state index in [0.29, 0.717) is 22.7 Å². The maximum absolute atomic E-state index is 12.6. The zero-order valence-electron chi connectivity index (χ0n) is 15.8. The highest BCUT2D eigenvalue weighted by Crippen LogP contribution is 2.35. The number of phenolic OH excluding ortho intramolecular Hbond substituents is 1. The van der Waals surface area contributed by atoms with Gasteiger partial charge in [0, 0.05) is 23.8 Å². The summed E-state index contributed by atoms with van der Waals surface area (Å²) in [5.41, 5.74) is 2.58. The molecular formula is C21H29ClNO3+. The summed E-state index contributed by atoms with van der Waals surface area (Å²) in [6.07, 6.45) is 7.58. The van der Waals surface area contributed by atoms with Gasteiger partial charge in [0.05, 0.1) is 23.7 Å². The Bertz CT molecular complexity index is 837. The number of halogens is 1. The van der Waals surface area contributed by atoms with Gasteiger partial charge >= 0.3 is 5.63 Å². The number of rotatable bonds is 7. The van der Waals surface area contributed by atoms with Crippen molar-refractivity contribution in [2.24, 2.45) is 0 Å². The minimum Gasteiger partial charge on any atom is -0.506 e. The second kappa shape index (κ2) is 8.45. The molecule has 5 heteroatoms. The lowest BCUT2D eigenvalue weighted by molar-refractivity contribution is -0.901. The standard InChI is InChI=1S/C21H28ClNO3/c1-3-4-5-6-9-15-14(2)16-12-18(22)19(24)17(20(16)26-21(15)25)13-23-10-7-8-11-23/h12,24H,3-11,13H2,1-2H3/p+1. The van der Waals surface area contributed by atoms with Crippen LogP contribution in [0.4, 0.5) is 0 Å². The minimum absolute atomic E-state index is 0.0526. The van der Waals surface area contributed by atoms with Crippen LogP contribution in [0, 0.1) is 6.92 Å². The number of unbranched alkanes of at least 4 members (excludes halogenated alkanes) is 3. The lowest BCUT2D eigenvalue weighted by Crippen LogP contribution is -3.08. The molecule has 4 nitrogen and oxygen atoms in total. The van der Waals surface area contributed by atoms with Gasteiger partial charge in [-0.15, -0.1) is 0 Å². The Kier molecular flexibility index (Phi) is 6.25. The van der Waals surface area contributed by atoms with Gasteiger partial charge in [-0.05, 0) is 31.4 Å². The van der Waals surface area contributed by atoms with Crippen molar-refractivity contribution in [2.75, 3.05) is 13.1 Å². The number of fused-ring (bicyclic) bond motifs is 1. The first-order valence-electron chi connectivity index (χ1n) is 9.83. The highest BCUT2D eigenvalue weighted by atomic mass is 35.5. The number of nitrogens with one attached hydrogen (secondary N) is 1. The van der Waals surface area contributed by atoms with Crippen molar-refractivity contribution < 1.29 is 14.4 Å². The van der Waals surface area contributed by atoms with E-state index >= 15 is 0 Å². The Morgan fingerprint density at radius 3 is 2.62 bits per heavy atom. The van der Waals surface area contributed by atoms with E-state index in [9.17, 15) is 9.90 Å². The first kappa shape index (κ1) is 19.2. The van der Waals surface area contributed by atoms with Crippen molar-refractivity contribution in [1.29, 1.82) is 0 Å². The van der Waals surface area contributed by atoms with E-state index in [2.05, 4.69) is 6.92 Å². The van der Waals surface area contributed by atoms with Gasteiger partial charge in [0.1, 0.15) is 12.3 Å². The van der Waals surface area contributed by atoms with Crippen LogP contribution in [0.5, 0.6) is 5.75 Å². The predicted octanol–water partition coefficient (Wildman–Crippen LogP) is 3.76. The van der Waals surface area contributed by atoms with Crippen LogP contribution in [0.2, 0.25) is 5.02 Å². The molecule has 0 saturated carbocycles. The summed E-state index contributed by atoms with van der Waals surface area (Å²) in [6, 6.07) is 1.74. The van der Waals surface area contributed by atoms with Gasteiger partial charge in [0.2, 0.25) is 0 Å².